The van der Waals surface area contributed by atoms with E-state index in [4.69, 9.17) is 12.2 Å². The van der Waals surface area contributed by atoms with E-state index in [0.29, 0.717) is 10.4 Å². The Morgan fingerprint density at radius 1 is 1.40 bits per heavy atom. The molecule has 0 N–H and O–H groups in total. The zero-order chi connectivity index (χ0) is 7.56. The van der Waals surface area contributed by atoms with Crippen LogP contribution in [0.3, 0.4) is 0 Å². The summed E-state index contributed by atoms with van der Waals surface area (Å²) < 4.78 is 12.8. The van der Waals surface area contributed by atoms with Gasteiger partial charge in [0.15, 0.2) is 0 Å². The lowest BCUT2D eigenvalue weighted by atomic mass is 10.2. The lowest BCUT2D eigenvalue weighted by molar-refractivity contribution is 0.625. The van der Waals surface area contributed by atoms with Crippen LogP contribution in [0.1, 0.15) is 12.5 Å². The second-order valence-corrected chi connectivity index (χ2v) is 2.65. The maximum absolute atomic E-state index is 12.8. The minimum absolute atomic E-state index is 0.241. The van der Waals surface area contributed by atoms with Crippen molar-refractivity contribution in [1.29, 1.82) is 0 Å². The molecule has 0 atom stereocenters. The van der Waals surface area contributed by atoms with E-state index in [1.165, 1.54) is 6.07 Å². The predicted molar refractivity (Wildman–Crippen MR) is 43.8 cm³/mol. The van der Waals surface area contributed by atoms with E-state index >= 15 is 0 Å². The van der Waals surface area contributed by atoms with Crippen molar-refractivity contribution in [3.63, 3.8) is 0 Å². The van der Waals surface area contributed by atoms with Crippen molar-refractivity contribution in [1.82, 2.24) is 0 Å². The summed E-state index contributed by atoms with van der Waals surface area (Å²) in [6.07, 6.45) is 0. The number of benzene rings is 1. The molecule has 0 aliphatic heterocycles. The summed E-state index contributed by atoms with van der Waals surface area (Å²) in [7, 11) is 0. The molecule has 0 fully saturated rings. The van der Waals surface area contributed by atoms with Gasteiger partial charge in [0.05, 0.1) is 0 Å². The van der Waals surface area contributed by atoms with Crippen LogP contribution in [0.2, 0.25) is 0 Å². The van der Waals surface area contributed by atoms with E-state index in [2.05, 4.69) is 0 Å². The van der Waals surface area contributed by atoms with Gasteiger partial charge in [0.1, 0.15) is 5.82 Å². The third-order valence-corrected chi connectivity index (χ3v) is 1.47. The van der Waals surface area contributed by atoms with Crippen LogP contribution in [-0.4, -0.2) is 4.86 Å². The first kappa shape index (κ1) is 7.35. The highest BCUT2D eigenvalue weighted by atomic mass is 32.1. The maximum atomic E-state index is 12.8. The van der Waals surface area contributed by atoms with Crippen LogP contribution in [0.25, 0.3) is 0 Å². The molecule has 1 aromatic rings. The Balaban J connectivity index is 3.15. The van der Waals surface area contributed by atoms with Gasteiger partial charge in [-0.3, -0.25) is 0 Å². The Labute approximate surface area is 64.7 Å². The third-order valence-electron chi connectivity index (χ3n) is 1.25. The third kappa shape index (κ3) is 1.39. The van der Waals surface area contributed by atoms with Gasteiger partial charge < -0.3 is 0 Å². The Hall–Kier alpha value is -0.760. The highest BCUT2D eigenvalue weighted by Crippen LogP contribution is 2.06. The minimum Gasteiger partial charge on any atom is -0.206 e. The molecule has 0 aromatic heterocycles. The van der Waals surface area contributed by atoms with E-state index < -0.39 is 0 Å². The molecule has 10 heavy (non-hydrogen) atoms. The predicted octanol–water partition coefficient (Wildman–Crippen LogP) is 2.56. The highest BCUT2D eigenvalue weighted by molar-refractivity contribution is 7.80. The average Bonchev–Trinajstić information content (AvgIpc) is 1.88. The van der Waals surface area contributed by atoms with E-state index in [-0.39, 0.29) is 5.82 Å². The molecule has 0 unspecified atom stereocenters. The standard InChI is InChI=1S/C8H7FS/c1-6(10)7-4-2-3-5-8(7)9/h2-5H,1H3. The SMILES string of the molecule is CC(=S)c1ccccc1F. The van der Waals surface area contributed by atoms with Crippen LogP contribution in [-0.2, 0) is 0 Å². The average molecular weight is 154 g/mol. The van der Waals surface area contributed by atoms with Crippen molar-refractivity contribution in [3.8, 4) is 0 Å². The molecule has 1 rings (SSSR count). The van der Waals surface area contributed by atoms with Crippen molar-refractivity contribution >= 4 is 17.1 Å². The molecule has 0 heterocycles. The van der Waals surface area contributed by atoms with E-state index in [1.54, 1.807) is 25.1 Å². The fourth-order valence-corrected chi connectivity index (χ4v) is 0.912. The molecule has 52 valence electrons. The van der Waals surface area contributed by atoms with Crippen LogP contribution < -0.4 is 0 Å². The second kappa shape index (κ2) is 2.88. The van der Waals surface area contributed by atoms with Gasteiger partial charge in [0, 0.05) is 10.4 Å². The van der Waals surface area contributed by atoms with Gasteiger partial charge in [0.2, 0.25) is 0 Å². The van der Waals surface area contributed by atoms with Crippen molar-refractivity contribution in [3.05, 3.63) is 35.6 Å². The fourth-order valence-electron chi connectivity index (χ4n) is 0.747. The van der Waals surface area contributed by atoms with Crippen LogP contribution in [0.15, 0.2) is 24.3 Å². The first-order chi connectivity index (χ1) is 4.72. The van der Waals surface area contributed by atoms with E-state index in [0.717, 1.165) is 0 Å². The Kier molecular flexibility index (Phi) is 2.12. The number of hydrogen-bond donors (Lipinski definition) is 0. The molecule has 1 aromatic carbocycles. The second-order valence-electron chi connectivity index (χ2n) is 2.04. The van der Waals surface area contributed by atoms with Gasteiger partial charge in [-0.05, 0) is 13.0 Å². The van der Waals surface area contributed by atoms with Crippen molar-refractivity contribution in [2.24, 2.45) is 0 Å². The summed E-state index contributed by atoms with van der Waals surface area (Å²) >= 11 is 4.81. The van der Waals surface area contributed by atoms with Crippen LogP contribution in [0.5, 0.6) is 0 Å². The first-order valence-electron chi connectivity index (χ1n) is 2.97. The topological polar surface area (TPSA) is 0 Å². The van der Waals surface area contributed by atoms with E-state index in [9.17, 15) is 4.39 Å². The summed E-state index contributed by atoms with van der Waals surface area (Å²) in [5.41, 5.74) is 0.525. The number of halogens is 1. The number of rotatable bonds is 1. The van der Waals surface area contributed by atoms with Crippen LogP contribution in [0.4, 0.5) is 4.39 Å². The molecule has 0 saturated heterocycles. The molecule has 0 bridgehead atoms. The van der Waals surface area contributed by atoms with Gasteiger partial charge in [0.25, 0.3) is 0 Å². The van der Waals surface area contributed by atoms with Crippen LogP contribution in [0, 0.1) is 5.82 Å². The molecule has 0 amide bonds. The number of thiocarbonyl (C=S) groups is 1. The molecule has 0 nitrogen and oxygen atoms in total. The van der Waals surface area contributed by atoms with Gasteiger partial charge in [-0.25, -0.2) is 4.39 Å². The molecule has 0 aliphatic carbocycles. The normalized spacial score (nSPS) is 9.40. The molecule has 0 radical (unpaired) electrons. The smallest absolute Gasteiger partial charge is 0.131 e. The lowest BCUT2D eigenvalue weighted by Gasteiger charge is -1.96. The van der Waals surface area contributed by atoms with Gasteiger partial charge in [-0.15, -0.1) is 0 Å². The van der Waals surface area contributed by atoms with Gasteiger partial charge in [-0.2, -0.15) is 0 Å². The zero-order valence-corrected chi connectivity index (χ0v) is 6.41. The Morgan fingerprint density at radius 3 is 2.40 bits per heavy atom. The number of hydrogen-bond acceptors (Lipinski definition) is 1. The van der Waals surface area contributed by atoms with Crippen molar-refractivity contribution in [2.45, 2.75) is 6.92 Å². The summed E-state index contributed by atoms with van der Waals surface area (Å²) in [6.45, 7) is 1.72. The molecule has 2 heteroatoms. The molecular weight excluding hydrogens is 147 g/mol. The summed E-state index contributed by atoms with van der Waals surface area (Å²) in [5.74, 6) is -0.241. The van der Waals surface area contributed by atoms with Crippen LogP contribution >= 0.6 is 12.2 Å². The summed E-state index contributed by atoms with van der Waals surface area (Å²) in [5, 5.41) is 0. The quantitative estimate of drug-likeness (QED) is 0.442. The summed E-state index contributed by atoms with van der Waals surface area (Å²) in [4.78, 5) is 0.595. The van der Waals surface area contributed by atoms with Crippen molar-refractivity contribution in [2.75, 3.05) is 0 Å². The van der Waals surface area contributed by atoms with E-state index in [1.807, 2.05) is 0 Å². The fraction of sp³-hybridized carbons (Fsp3) is 0.125. The molecule has 0 saturated carbocycles. The molecular formula is C8H7FS. The van der Waals surface area contributed by atoms with Gasteiger partial charge in [-0.1, -0.05) is 30.4 Å². The lowest BCUT2D eigenvalue weighted by Crippen LogP contribution is -1.93. The monoisotopic (exact) mass is 154 g/mol. The van der Waals surface area contributed by atoms with Gasteiger partial charge >= 0.3 is 0 Å². The molecule has 0 spiro atoms. The molecule has 0 aliphatic rings. The highest BCUT2D eigenvalue weighted by Gasteiger charge is 1.99. The van der Waals surface area contributed by atoms with Crippen molar-refractivity contribution < 1.29 is 4.39 Å². The maximum Gasteiger partial charge on any atom is 0.131 e. The zero-order valence-electron chi connectivity index (χ0n) is 5.60. The Morgan fingerprint density at radius 2 is 2.00 bits per heavy atom. The first-order valence-corrected chi connectivity index (χ1v) is 3.38. The largest absolute Gasteiger partial charge is 0.206 e. The Bertz CT molecular complexity index is 255. The minimum atomic E-state index is -0.241. The summed E-state index contributed by atoms with van der Waals surface area (Å²) in [6, 6.07) is 6.51.